The number of nitrogens with zero attached hydrogens (tertiary/aromatic N) is 3. The van der Waals surface area contributed by atoms with Gasteiger partial charge in [-0.05, 0) is 44.2 Å². The molecule has 1 aliphatic heterocycles. The molecule has 1 fully saturated rings. The van der Waals surface area contributed by atoms with E-state index in [-0.39, 0.29) is 17.4 Å². The van der Waals surface area contributed by atoms with Crippen molar-refractivity contribution in [2.24, 2.45) is 0 Å². The third kappa shape index (κ3) is 4.45. The molecular formula is C22H25N3O3S. The smallest absolute Gasteiger partial charge is 0.262 e. The molecular weight excluding hydrogens is 386 g/mol. The van der Waals surface area contributed by atoms with Crippen molar-refractivity contribution in [2.75, 3.05) is 12.3 Å². The van der Waals surface area contributed by atoms with Gasteiger partial charge < -0.3 is 0 Å². The van der Waals surface area contributed by atoms with Gasteiger partial charge in [0.1, 0.15) is 0 Å². The molecule has 0 unspecified atom stereocenters. The van der Waals surface area contributed by atoms with Crippen LogP contribution >= 0.6 is 11.8 Å². The van der Waals surface area contributed by atoms with Gasteiger partial charge in [-0.1, -0.05) is 35.5 Å². The minimum atomic E-state index is -0.108. The normalized spacial score (nSPS) is 17.2. The minimum absolute atomic E-state index is 0.0252. The lowest BCUT2D eigenvalue weighted by atomic mass is 9.97. The lowest BCUT2D eigenvalue weighted by Crippen LogP contribution is -2.31. The number of imide groups is 1. The second kappa shape index (κ2) is 8.95. The van der Waals surface area contributed by atoms with E-state index in [2.05, 4.69) is 6.08 Å². The van der Waals surface area contributed by atoms with Crippen molar-refractivity contribution >= 4 is 34.5 Å². The first kappa shape index (κ1) is 19.9. The molecule has 6 nitrogen and oxygen atoms in total. The van der Waals surface area contributed by atoms with Crippen LogP contribution < -0.4 is 5.56 Å². The van der Waals surface area contributed by atoms with Crippen molar-refractivity contribution in [1.29, 1.82) is 0 Å². The molecule has 1 aromatic heterocycles. The highest BCUT2D eigenvalue weighted by molar-refractivity contribution is 7.99. The highest BCUT2D eigenvalue weighted by Gasteiger charge is 2.28. The molecule has 29 heavy (non-hydrogen) atoms. The first-order chi connectivity index (χ1) is 14.1. The van der Waals surface area contributed by atoms with Gasteiger partial charge in [-0.25, -0.2) is 4.98 Å². The summed E-state index contributed by atoms with van der Waals surface area (Å²) in [7, 11) is 0. The van der Waals surface area contributed by atoms with E-state index < -0.39 is 0 Å². The van der Waals surface area contributed by atoms with Gasteiger partial charge in [0.15, 0.2) is 5.16 Å². The van der Waals surface area contributed by atoms with Crippen LogP contribution in [0.25, 0.3) is 10.9 Å². The van der Waals surface area contributed by atoms with Crippen LogP contribution in [0.2, 0.25) is 0 Å². The number of rotatable bonds is 7. The van der Waals surface area contributed by atoms with E-state index in [4.69, 9.17) is 4.98 Å². The topological polar surface area (TPSA) is 72.3 Å². The average molecular weight is 412 g/mol. The van der Waals surface area contributed by atoms with E-state index in [1.54, 1.807) is 4.57 Å². The fourth-order valence-electron chi connectivity index (χ4n) is 3.94. The summed E-state index contributed by atoms with van der Waals surface area (Å²) in [6, 6.07) is 7.40. The molecule has 0 radical (unpaired) electrons. The predicted octanol–water partition coefficient (Wildman–Crippen LogP) is 3.53. The SMILES string of the molecule is O=C1CCC(=O)N1CCSc1nc2ccccc2c(=O)n1CCC1=CCCCC1. The lowest BCUT2D eigenvalue weighted by Gasteiger charge is -2.17. The quantitative estimate of drug-likeness (QED) is 0.302. The van der Waals surface area contributed by atoms with Crippen LogP contribution in [0.5, 0.6) is 0 Å². The van der Waals surface area contributed by atoms with E-state index in [0.29, 0.717) is 47.7 Å². The van der Waals surface area contributed by atoms with E-state index in [1.807, 2.05) is 24.3 Å². The minimum Gasteiger partial charge on any atom is -0.287 e. The summed E-state index contributed by atoms with van der Waals surface area (Å²) in [6.07, 6.45) is 8.47. The second-order valence-electron chi connectivity index (χ2n) is 7.51. The molecule has 2 heterocycles. The van der Waals surface area contributed by atoms with E-state index in [9.17, 15) is 14.4 Å². The number of para-hydroxylation sites is 1. The summed E-state index contributed by atoms with van der Waals surface area (Å²) in [4.78, 5) is 42.8. The van der Waals surface area contributed by atoms with E-state index in [1.165, 1.54) is 35.1 Å². The fourth-order valence-corrected chi connectivity index (χ4v) is 4.89. The van der Waals surface area contributed by atoms with Crippen LogP contribution in [-0.4, -0.2) is 38.6 Å². The number of carbonyl (C=O) groups excluding carboxylic acids is 2. The number of carbonyl (C=O) groups is 2. The Morgan fingerprint density at radius 1 is 0.966 bits per heavy atom. The van der Waals surface area contributed by atoms with Crippen LogP contribution in [0.3, 0.4) is 0 Å². The van der Waals surface area contributed by atoms with Crippen molar-refractivity contribution in [3.05, 3.63) is 46.3 Å². The maximum Gasteiger partial charge on any atom is 0.262 e. The summed E-state index contributed by atoms with van der Waals surface area (Å²) < 4.78 is 1.76. The van der Waals surface area contributed by atoms with Gasteiger partial charge in [0, 0.05) is 31.7 Å². The third-order valence-corrected chi connectivity index (χ3v) is 6.53. The highest BCUT2D eigenvalue weighted by atomic mass is 32.2. The number of benzene rings is 1. The standard InChI is InChI=1S/C22H25N3O3S/c26-19-10-11-20(27)24(19)14-15-29-22-23-18-9-5-4-8-17(18)21(28)25(22)13-12-16-6-2-1-3-7-16/h4-6,8-9H,1-3,7,10-15H2. The first-order valence-electron chi connectivity index (χ1n) is 10.3. The maximum atomic E-state index is 13.1. The number of thioether (sulfide) groups is 1. The van der Waals surface area contributed by atoms with Crippen LogP contribution in [0, 0.1) is 0 Å². The van der Waals surface area contributed by atoms with Crippen molar-refractivity contribution in [2.45, 2.75) is 56.6 Å². The molecule has 0 atom stereocenters. The zero-order chi connectivity index (χ0) is 20.2. The van der Waals surface area contributed by atoms with Gasteiger partial charge in [0.25, 0.3) is 5.56 Å². The average Bonchev–Trinajstić information content (AvgIpc) is 3.06. The highest BCUT2D eigenvalue weighted by Crippen LogP contribution is 2.23. The number of hydrogen-bond donors (Lipinski definition) is 0. The van der Waals surface area contributed by atoms with Gasteiger partial charge in [0.05, 0.1) is 10.9 Å². The summed E-state index contributed by atoms with van der Waals surface area (Å²) in [5.41, 5.74) is 2.07. The number of allylic oxidation sites excluding steroid dienone is 2. The zero-order valence-electron chi connectivity index (χ0n) is 16.4. The van der Waals surface area contributed by atoms with Crippen molar-refractivity contribution in [3.8, 4) is 0 Å². The van der Waals surface area contributed by atoms with E-state index in [0.717, 1.165) is 19.3 Å². The Bertz CT molecular complexity index is 1010. The number of aromatic nitrogens is 2. The molecule has 1 aliphatic carbocycles. The summed E-state index contributed by atoms with van der Waals surface area (Å²) >= 11 is 1.44. The Labute approximate surface area is 174 Å². The molecule has 1 saturated heterocycles. The molecule has 0 saturated carbocycles. The summed E-state index contributed by atoms with van der Waals surface area (Å²) in [6.45, 7) is 0.961. The molecule has 0 spiro atoms. The first-order valence-corrected chi connectivity index (χ1v) is 11.3. The molecule has 2 amide bonds. The summed E-state index contributed by atoms with van der Waals surface area (Å²) in [5, 5.41) is 1.28. The third-order valence-electron chi connectivity index (χ3n) is 5.57. The molecule has 0 bridgehead atoms. The van der Waals surface area contributed by atoms with Crippen molar-refractivity contribution < 1.29 is 9.59 Å². The van der Waals surface area contributed by atoms with Gasteiger partial charge >= 0.3 is 0 Å². The number of fused-ring (bicyclic) bond motifs is 1. The Kier molecular flexibility index (Phi) is 6.13. The molecule has 2 aliphatic rings. The van der Waals surface area contributed by atoms with Crippen LogP contribution in [-0.2, 0) is 16.1 Å². The van der Waals surface area contributed by atoms with Crippen molar-refractivity contribution in [1.82, 2.24) is 14.5 Å². The fraction of sp³-hybridized carbons (Fsp3) is 0.455. The molecule has 4 rings (SSSR count). The molecule has 152 valence electrons. The zero-order valence-corrected chi connectivity index (χ0v) is 17.2. The van der Waals surface area contributed by atoms with Gasteiger partial charge in [-0.3, -0.25) is 23.9 Å². The Morgan fingerprint density at radius 3 is 2.52 bits per heavy atom. The number of likely N-dealkylation sites (tertiary alicyclic amines) is 1. The molecule has 2 aromatic rings. The van der Waals surface area contributed by atoms with Crippen LogP contribution in [0.4, 0.5) is 0 Å². The number of hydrogen-bond acceptors (Lipinski definition) is 5. The maximum absolute atomic E-state index is 13.1. The van der Waals surface area contributed by atoms with Crippen LogP contribution in [0.1, 0.15) is 44.9 Å². The van der Waals surface area contributed by atoms with Gasteiger partial charge in [-0.2, -0.15) is 0 Å². The monoisotopic (exact) mass is 411 g/mol. The van der Waals surface area contributed by atoms with Crippen molar-refractivity contribution in [3.63, 3.8) is 0 Å². The largest absolute Gasteiger partial charge is 0.287 e. The lowest BCUT2D eigenvalue weighted by molar-refractivity contribution is -0.137. The van der Waals surface area contributed by atoms with Gasteiger partial charge in [0.2, 0.25) is 11.8 Å². The molecule has 1 aromatic carbocycles. The van der Waals surface area contributed by atoms with Crippen LogP contribution in [0.15, 0.2) is 45.9 Å². The Hall–Kier alpha value is -2.41. The molecule has 7 heteroatoms. The van der Waals surface area contributed by atoms with Gasteiger partial charge in [-0.15, -0.1) is 0 Å². The van der Waals surface area contributed by atoms with E-state index >= 15 is 0 Å². The predicted molar refractivity (Wildman–Crippen MR) is 114 cm³/mol. The molecule has 0 N–H and O–H groups in total. The second-order valence-corrected chi connectivity index (χ2v) is 8.58. The Morgan fingerprint density at radius 2 is 1.76 bits per heavy atom. The summed E-state index contributed by atoms with van der Waals surface area (Å²) in [5.74, 6) is 0.317. The number of amides is 2. The Balaban J connectivity index is 1.55.